The number of likely N-dealkylation sites (tertiary alicyclic amines) is 1. The van der Waals surface area contributed by atoms with Crippen molar-refractivity contribution in [3.8, 4) is 5.75 Å². The van der Waals surface area contributed by atoms with Crippen molar-refractivity contribution in [2.45, 2.75) is 56.3 Å². The molecule has 1 aliphatic heterocycles. The van der Waals surface area contributed by atoms with Gasteiger partial charge in [0.2, 0.25) is 10.0 Å². The summed E-state index contributed by atoms with van der Waals surface area (Å²) in [7, 11) is -3.82. The molecule has 1 saturated heterocycles. The van der Waals surface area contributed by atoms with Crippen LogP contribution < -0.4 is 9.46 Å². The van der Waals surface area contributed by atoms with Gasteiger partial charge in [-0.2, -0.15) is 0 Å². The molecule has 2 aromatic rings. The van der Waals surface area contributed by atoms with Crippen molar-refractivity contribution in [2.24, 2.45) is 0 Å². The molecule has 0 saturated carbocycles. The largest absolute Gasteiger partial charge is 0.573 e. The van der Waals surface area contributed by atoms with Crippen LogP contribution in [-0.2, 0) is 16.6 Å². The first kappa shape index (κ1) is 26.4. The number of nitrogens with one attached hydrogen (secondary N) is 1. The van der Waals surface area contributed by atoms with Gasteiger partial charge < -0.3 is 9.64 Å². The van der Waals surface area contributed by atoms with Crippen LogP contribution in [-0.4, -0.2) is 43.6 Å². The fourth-order valence-corrected chi connectivity index (χ4v) is 6.37. The zero-order valence-corrected chi connectivity index (χ0v) is 21.0. The Labute approximate surface area is 210 Å². The van der Waals surface area contributed by atoms with Gasteiger partial charge in [-0.05, 0) is 68.0 Å². The van der Waals surface area contributed by atoms with Crippen molar-refractivity contribution in [2.75, 3.05) is 13.1 Å². The van der Waals surface area contributed by atoms with Crippen LogP contribution in [0.1, 0.15) is 43.7 Å². The highest BCUT2D eigenvalue weighted by Crippen LogP contribution is 2.36. The summed E-state index contributed by atoms with van der Waals surface area (Å²) < 4.78 is 70.1. The van der Waals surface area contributed by atoms with E-state index in [2.05, 4.69) is 21.3 Å². The second-order valence-electron chi connectivity index (χ2n) is 9.42. The predicted molar refractivity (Wildman–Crippen MR) is 135 cm³/mol. The third kappa shape index (κ3) is 6.38. The van der Waals surface area contributed by atoms with Gasteiger partial charge in [-0.15, -0.1) is 13.2 Å². The summed E-state index contributed by atoms with van der Waals surface area (Å²) in [5.74, 6) is -0.348. The van der Waals surface area contributed by atoms with Crippen LogP contribution in [0, 0.1) is 0 Å². The molecule has 0 aromatic heterocycles. The van der Waals surface area contributed by atoms with Crippen molar-refractivity contribution in [3.63, 3.8) is 0 Å². The molecule has 1 aliphatic carbocycles. The summed E-state index contributed by atoms with van der Waals surface area (Å²) in [4.78, 5) is 2.33. The first-order chi connectivity index (χ1) is 17.1. The quantitative estimate of drug-likeness (QED) is 0.464. The molecule has 0 bridgehead atoms. The van der Waals surface area contributed by atoms with Crippen molar-refractivity contribution < 1.29 is 26.3 Å². The third-order valence-corrected chi connectivity index (χ3v) is 9.11. The summed E-state index contributed by atoms with van der Waals surface area (Å²) >= 11 is 0. The second kappa shape index (κ2) is 10.8. The molecule has 0 amide bonds. The minimum absolute atomic E-state index is 0.0282. The molecule has 2 unspecified atom stereocenters. The first-order valence-electron chi connectivity index (χ1n) is 12.1. The zero-order chi connectivity index (χ0) is 25.8. The van der Waals surface area contributed by atoms with Gasteiger partial charge >= 0.3 is 6.36 Å². The smallest absolute Gasteiger partial charge is 0.406 e. The number of benzene rings is 2. The van der Waals surface area contributed by atoms with Gasteiger partial charge in [-0.3, -0.25) is 0 Å². The van der Waals surface area contributed by atoms with Crippen LogP contribution in [0.5, 0.6) is 5.75 Å². The molecule has 5 nitrogen and oxygen atoms in total. The van der Waals surface area contributed by atoms with Gasteiger partial charge in [-0.1, -0.05) is 60.7 Å². The van der Waals surface area contributed by atoms with Gasteiger partial charge in [0.1, 0.15) is 10.5 Å². The molecule has 194 valence electrons. The Balaban J connectivity index is 1.50. The molecule has 36 heavy (non-hydrogen) atoms. The maximum atomic E-state index is 13.7. The molecule has 9 heteroatoms. The normalized spacial score (nSPS) is 23.0. The van der Waals surface area contributed by atoms with E-state index in [0.717, 1.165) is 30.5 Å². The van der Waals surface area contributed by atoms with Gasteiger partial charge in [0.25, 0.3) is 0 Å². The zero-order valence-electron chi connectivity index (χ0n) is 20.2. The maximum Gasteiger partial charge on any atom is 0.573 e. The Morgan fingerprint density at radius 2 is 1.83 bits per heavy atom. The SMILES string of the molecule is CC1CCCN1CCC1(S(=O)(=O)NCc2ccc(OC(F)(F)F)cc2)C=CC(c2ccccc2)=CC1. The first-order valence-corrected chi connectivity index (χ1v) is 13.6. The van der Waals surface area contributed by atoms with Gasteiger partial charge in [0.05, 0.1) is 0 Å². The van der Waals surface area contributed by atoms with E-state index >= 15 is 0 Å². The lowest BCUT2D eigenvalue weighted by molar-refractivity contribution is -0.274. The van der Waals surface area contributed by atoms with Crippen LogP contribution in [0.2, 0.25) is 0 Å². The van der Waals surface area contributed by atoms with E-state index in [4.69, 9.17) is 0 Å². The van der Waals surface area contributed by atoms with E-state index in [0.29, 0.717) is 31.0 Å². The van der Waals surface area contributed by atoms with E-state index in [1.54, 1.807) is 6.08 Å². The van der Waals surface area contributed by atoms with Gasteiger partial charge in [0.15, 0.2) is 0 Å². The van der Waals surface area contributed by atoms with Crippen molar-refractivity contribution in [1.29, 1.82) is 0 Å². The average Bonchev–Trinajstić information content (AvgIpc) is 3.27. The lowest BCUT2D eigenvalue weighted by atomic mass is 9.90. The molecule has 1 N–H and O–H groups in total. The minimum Gasteiger partial charge on any atom is -0.406 e. The van der Waals surface area contributed by atoms with Crippen molar-refractivity contribution >= 4 is 15.6 Å². The standard InChI is InChI=1S/C27H31F3N2O3S/c1-21-6-5-18-32(21)19-17-26(15-13-24(14-16-26)23-7-3-2-4-8-23)36(33,34)31-20-22-9-11-25(12-10-22)35-27(28,29)30/h2-4,7-15,21,31H,5-6,16-20H2,1H3. The van der Waals surface area contributed by atoms with Gasteiger partial charge in [0, 0.05) is 19.1 Å². The minimum atomic E-state index is -4.78. The van der Waals surface area contributed by atoms with E-state index in [9.17, 15) is 21.6 Å². The number of sulfonamides is 1. The molecule has 2 aliphatic rings. The summed E-state index contributed by atoms with van der Waals surface area (Å²) in [6, 6.07) is 15.5. The fourth-order valence-electron chi connectivity index (χ4n) is 4.81. The number of alkyl halides is 3. The molecule has 2 atom stereocenters. The highest BCUT2D eigenvalue weighted by molar-refractivity contribution is 7.91. The molecular weight excluding hydrogens is 489 g/mol. The van der Waals surface area contributed by atoms with Crippen LogP contribution in [0.3, 0.4) is 0 Å². The molecule has 4 rings (SSSR count). The van der Waals surface area contributed by atoms with Crippen molar-refractivity contribution in [1.82, 2.24) is 9.62 Å². The third-order valence-electron chi connectivity index (χ3n) is 7.01. The number of hydrogen-bond donors (Lipinski definition) is 1. The molecule has 1 heterocycles. The monoisotopic (exact) mass is 520 g/mol. The maximum absolute atomic E-state index is 13.7. The predicted octanol–water partition coefficient (Wildman–Crippen LogP) is 5.66. The number of rotatable bonds is 9. The van der Waals surface area contributed by atoms with Crippen LogP contribution in [0.15, 0.2) is 72.8 Å². The molecule has 0 radical (unpaired) electrons. The fraction of sp³-hybridized carbons (Fsp3) is 0.407. The summed E-state index contributed by atoms with van der Waals surface area (Å²) in [6.07, 6.45) is 3.89. The van der Waals surface area contributed by atoms with E-state index in [-0.39, 0.29) is 12.3 Å². The lowest BCUT2D eigenvalue weighted by Gasteiger charge is -2.34. The molecule has 0 spiro atoms. The number of halogens is 3. The van der Waals surface area contributed by atoms with E-state index in [1.165, 1.54) is 24.3 Å². The molecular formula is C27H31F3N2O3S. The molecule has 2 aromatic carbocycles. The lowest BCUT2D eigenvalue weighted by Crippen LogP contribution is -2.47. The van der Waals surface area contributed by atoms with E-state index < -0.39 is 21.1 Å². The Bertz CT molecular complexity index is 1200. The number of allylic oxidation sites excluding steroid dienone is 3. The second-order valence-corrected chi connectivity index (χ2v) is 11.5. The average molecular weight is 521 g/mol. The number of ether oxygens (including phenoxy) is 1. The Morgan fingerprint density at radius 3 is 2.42 bits per heavy atom. The van der Waals surface area contributed by atoms with Gasteiger partial charge in [-0.25, -0.2) is 13.1 Å². The summed E-state index contributed by atoms with van der Waals surface area (Å²) in [5.41, 5.74) is 2.55. The number of nitrogens with zero attached hydrogens (tertiary/aromatic N) is 1. The van der Waals surface area contributed by atoms with Crippen LogP contribution >= 0.6 is 0 Å². The number of hydrogen-bond acceptors (Lipinski definition) is 4. The summed E-state index contributed by atoms with van der Waals surface area (Å²) in [5, 5.41) is 0. The molecule has 1 fully saturated rings. The van der Waals surface area contributed by atoms with Crippen LogP contribution in [0.4, 0.5) is 13.2 Å². The van der Waals surface area contributed by atoms with Crippen LogP contribution in [0.25, 0.3) is 5.57 Å². The summed E-state index contributed by atoms with van der Waals surface area (Å²) in [6.45, 7) is 3.78. The highest BCUT2D eigenvalue weighted by Gasteiger charge is 2.42. The topological polar surface area (TPSA) is 58.6 Å². The Hall–Kier alpha value is -2.62. The Morgan fingerprint density at radius 1 is 1.11 bits per heavy atom. The Kier molecular flexibility index (Phi) is 7.92. The van der Waals surface area contributed by atoms with E-state index in [1.807, 2.05) is 42.5 Å². The highest BCUT2D eigenvalue weighted by atomic mass is 32.2. The van der Waals surface area contributed by atoms with Crippen molar-refractivity contribution in [3.05, 3.63) is 84.0 Å².